The minimum absolute atomic E-state index is 0.273. The number of hydrogen-bond donors (Lipinski definition) is 3. The molecule has 1 unspecified atom stereocenters. The number of fused-ring (bicyclic) bond motifs is 1. The Labute approximate surface area is 128 Å². The molecule has 7 nitrogen and oxygen atoms in total. The van der Waals surface area contributed by atoms with Gasteiger partial charge in [-0.2, -0.15) is 0 Å². The fraction of sp³-hybridized carbons (Fsp3) is 0.533. The van der Waals surface area contributed by atoms with Gasteiger partial charge in [0.05, 0.1) is 17.9 Å². The van der Waals surface area contributed by atoms with Gasteiger partial charge in [-0.05, 0) is 26.2 Å². The van der Waals surface area contributed by atoms with Crippen LogP contribution in [0.25, 0.3) is 0 Å². The molecule has 0 aliphatic carbocycles. The Hall–Kier alpha value is -2.31. The van der Waals surface area contributed by atoms with Crippen LogP contribution in [0.2, 0.25) is 0 Å². The van der Waals surface area contributed by atoms with E-state index >= 15 is 0 Å². The van der Waals surface area contributed by atoms with Crippen LogP contribution in [-0.4, -0.2) is 22.7 Å². The van der Waals surface area contributed by atoms with Gasteiger partial charge < -0.3 is 9.84 Å². The van der Waals surface area contributed by atoms with Gasteiger partial charge in [-0.3, -0.25) is 10.1 Å². The number of anilines is 1. The standard InChI is InChI=1S/C15H21N3O4/c1-5-22-14(20)10-8(4)16-12-11(9(10)6-7(2)3)13(19)18-15(21)17-12/h7,9H,5-6H2,1-4H3,(H3,16,17,18,19,21)/p+1. The van der Waals surface area contributed by atoms with Crippen molar-refractivity contribution in [3.05, 3.63) is 27.2 Å². The van der Waals surface area contributed by atoms with E-state index in [1.807, 2.05) is 13.8 Å². The van der Waals surface area contributed by atoms with Crippen LogP contribution in [0.15, 0.2) is 16.1 Å². The van der Waals surface area contributed by atoms with Gasteiger partial charge in [0.1, 0.15) is 5.56 Å². The number of allylic oxidation sites excluding steroid dienone is 1. The monoisotopic (exact) mass is 308 g/mol. The molecule has 1 atom stereocenters. The lowest BCUT2D eigenvalue weighted by Gasteiger charge is -2.26. The van der Waals surface area contributed by atoms with Gasteiger partial charge in [-0.15, -0.1) is 0 Å². The largest absolute Gasteiger partial charge is 0.463 e. The van der Waals surface area contributed by atoms with E-state index in [1.165, 1.54) is 0 Å². The zero-order chi connectivity index (χ0) is 16.4. The zero-order valence-electron chi connectivity index (χ0n) is 13.2. The van der Waals surface area contributed by atoms with Crippen molar-refractivity contribution < 1.29 is 19.6 Å². The van der Waals surface area contributed by atoms with E-state index in [4.69, 9.17) is 4.74 Å². The van der Waals surface area contributed by atoms with E-state index in [1.54, 1.807) is 13.8 Å². The summed E-state index contributed by atoms with van der Waals surface area (Å²) >= 11 is 0. The molecule has 1 aromatic rings. The number of esters is 1. The number of hydrogen-bond acceptors (Lipinski definition) is 5. The summed E-state index contributed by atoms with van der Waals surface area (Å²) in [6.45, 7) is 7.83. The molecule has 7 heteroatoms. The summed E-state index contributed by atoms with van der Waals surface area (Å²) in [5.41, 5.74) is 1.09. The molecule has 0 spiro atoms. The van der Waals surface area contributed by atoms with Crippen LogP contribution in [0, 0.1) is 5.92 Å². The van der Waals surface area contributed by atoms with Gasteiger partial charge in [0.2, 0.25) is 5.82 Å². The summed E-state index contributed by atoms with van der Waals surface area (Å²) in [5.74, 6) is -0.106. The first kappa shape index (κ1) is 16.1. The molecular formula is C15H22N3O4+. The topological polar surface area (TPSA) is 106 Å². The molecule has 0 aromatic carbocycles. The van der Waals surface area contributed by atoms with E-state index < -0.39 is 11.5 Å². The Bertz CT molecular complexity index is 676. The molecule has 2 rings (SSSR count). The molecule has 22 heavy (non-hydrogen) atoms. The molecule has 120 valence electrons. The SMILES string of the molecule is CCOC(=O)C1=C(C)Nc2[nH+]c(O)[nH]c(=O)c2C1CC(C)C. The fourth-order valence-electron chi connectivity index (χ4n) is 2.81. The molecule has 0 bridgehead atoms. The van der Waals surface area contributed by atoms with E-state index in [2.05, 4.69) is 15.3 Å². The molecule has 0 saturated heterocycles. The van der Waals surface area contributed by atoms with Crippen molar-refractivity contribution >= 4 is 11.8 Å². The van der Waals surface area contributed by atoms with Crippen LogP contribution >= 0.6 is 0 Å². The van der Waals surface area contributed by atoms with Gasteiger partial charge >= 0.3 is 17.5 Å². The first-order valence-corrected chi connectivity index (χ1v) is 7.38. The molecular weight excluding hydrogens is 286 g/mol. The number of ether oxygens (including phenoxy) is 1. The minimum Gasteiger partial charge on any atom is -0.463 e. The minimum atomic E-state index is -0.420. The highest BCUT2D eigenvalue weighted by molar-refractivity contribution is 5.93. The van der Waals surface area contributed by atoms with Crippen molar-refractivity contribution in [2.24, 2.45) is 5.92 Å². The van der Waals surface area contributed by atoms with Crippen LogP contribution in [0.3, 0.4) is 0 Å². The summed E-state index contributed by atoms with van der Waals surface area (Å²) < 4.78 is 5.13. The predicted octanol–water partition coefficient (Wildman–Crippen LogP) is 1.29. The van der Waals surface area contributed by atoms with E-state index in [9.17, 15) is 14.7 Å². The number of rotatable bonds is 4. The van der Waals surface area contributed by atoms with Crippen LogP contribution < -0.4 is 15.9 Å². The summed E-state index contributed by atoms with van der Waals surface area (Å²) in [7, 11) is 0. The van der Waals surface area contributed by atoms with Crippen molar-refractivity contribution in [1.82, 2.24) is 4.98 Å². The summed E-state index contributed by atoms with van der Waals surface area (Å²) in [4.78, 5) is 29.6. The van der Waals surface area contributed by atoms with E-state index in [0.29, 0.717) is 29.1 Å². The maximum Gasteiger partial charge on any atom is 0.394 e. The van der Waals surface area contributed by atoms with Crippen molar-refractivity contribution in [2.45, 2.75) is 40.0 Å². The predicted molar refractivity (Wildman–Crippen MR) is 80.4 cm³/mol. The van der Waals surface area contributed by atoms with Crippen LogP contribution in [0.4, 0.5) is 5.82 Å². The lowest BCUT2D eigenvalue weighted by molar-refractivity contribution is -0.384. The molecule has 0 radical (unpaired) electrons. The number of aromatic amines is 2. The Morgan fingerprint density at radius 2 is 2.14 bits per heavy atom. The van der Waals surface area contributed by atoms with Gasteiger partial charge in [-0.25, -0.2) is 14.8 Å². The van der Waals surface area contributed by atoms with E-state index in [0.717, 1.165) is 0 Å². The molecule has 1 aliphatic heterocycles. The third-order valence-corrected chi connectivity index (χ3v) is 3.61. The summed E-state index contributed by atoms with van der Waals surface area (Å²) in [6, 6.07) is -0.327. The second-order valence-electron chi connectivity index (χ2n) is 5.78. The van der Waals surface area contributed by atoms with Gasteiger partial charge in [0, 0.05) is 5.92 Å². The van der Waals surface area contributed by atoms with Gasteiger partial charge in [-0.1, -0.05) is 13.8 Å². The number of H-pyrrole nitrogens is 2. The van der Waals surface area contributed by atoms with Crippen LogP contribution in [0.1, 0.15) is 45.6 Å². The molecule has 1 aromatic heterocycles. The Morgan fingerprint density at radius 1 is 1.45 bits per heavy atom. The second-order valence-corrected chi connectivity index (χ2v) is 5.78. The molecule has 2 heterocycles. The highest BCUT2D eigenvalue weighted by Gasteiger charge is 2.38. The van der Waals surface area contributed by atoms with Crippen molar-refractivity contribution in [3.8, 4) is 6.01 Å². The number of carbonyl (C=O) groups is 1. The molecule has 0 amide bonds. The third-order valence-electron chi connectivity index (χ3n) is 3.61. The average molecular weight is 308 g/mol. The lowest BCUT2D eigenvalue weighted by Crippen LogP contribution is -2.34. The number of aromatic hydroxyl groups is 1. The first-order valence-electron chi connectivity index (χ1n) is 7.38. The summed E-state index contributed by atoms with van der Waals surface area (Å²) in [5, 5.41) is 12.5. The fourth-order valence-corrected chi connectivity index (χ4v) is 2.81. The van der Waals surface area contributed by atoms with Gasteiger partial charge in [0.15, 0.2) is 0 Å². The number of aromatic nitrogens is 2. The van der Waals surface area contributed by atoms with Gasteiger partial charge in [0.25, 0.3) is 0 Å². The maximum atomic E-state index is 12.3. The second kappa shape index (κ2) is 6.21. The molecule has 0 saturated carbocycles. The summed E-state index contributed by atoms with van der Waals surface area (Å²) in [6.07, 6.45) is 0.627. The first-order chi connectivity index (χ1) is 10.3. The lowest BCUT2D eigenvalue weighted by atomic mass is 9.82. The number of carbonyl (C=O) groups excluding carboxylic acids is 1. The van der Waals surface area contributed by atoms with E-state index in [-0.39, 0.29) is 24.5 Å². The van der Waals surface area contributed by atoms with Crippen LogP contribution in [-0.2, 0) is 9.53 Å². The average Bonchev–Trinajstić information content (AvgIpc) is 2.36. The normalized spacial score (nSPS) is 17.2. The van der Waals surface area contributed by atoms with Crippen molar-refractivity contribution in [3.63, 3.8) is 0 Å². The quantitative estimate of drug-likeness (QED) is 0.727. The maximum absolute atomic E-state index is 12.3. The third kappa shape index (κ3) is 2.98. The highest BCUT2D eigenvalue weighted by atomic mass is 16.5. The Balaban J connectivity index is 2.59. The van der Waals surface area contributed by atoms with Crippen molar-refractivity contribution in [2.75, 3.05) is 11.9 Å². The number of nitrogens with one attached hydrogen (secondary N) is 3. The Kier molecular flexibility index (Phi) is 4.54. The van der Waals surface area contributed by atoms with Crippen molar-refractivity contribution in [1.29, 1.82) is 0 Å². The molecule has 1 aliphatic rings. The Morgan fingerprint density at radius 3 is 2.73 bits per heavy atom. The molecule has 4 N–H and O–H groups in total. The highest BCUT2D eigenvalue weighted by Crippen LogP contribution is 2.38. The van der Waals surface area contributed by atoms with Crippen LogP contribution in [0.5, 0.6) is 6.01 Å². The smallest absolute Gasteiger partial charge is 0.394 e. The zero-order valence-corrected chi connectivity index (χ0v) is 13.2. The molecule has 0 fully saturated rings.